The van der Waals surface area contributed by atoms with Crippen molar-refractivity contribution in [1.82, 2.24) is 0 Å². The van der Waals surface area contributed by atoms with Crippen molar-refractivity contribution in [2.75, 3.05) is 31.2 Å². The van der Waals surface area contributed by atoms with Crippen molar-refractivity contribution in [3.05, 3.63) is 50.5 Å². The van der Waals surface area contributed by atoms with E-state index < -0.39 is 0 Å². The van der Waals surface area contributed by atoms with Gasteiger partial charge in [-0.05, 0) is 37.1 Å². The third-order valence-electron chi connectivity index (χ3n) is 5.43. The first-order valence-corrected chi connectivity index (χ1v) is 11.7. The molecule has 0 radical (unpaired) electrons. The summed E-state index contributed by atoms with van der Waals surface area (Å²) >= 11 is 13.8. The fourth-order valence-corrected chi connectivity index (χ4v) is 5.13. The van der Waals surface area contributed by atoms with E-state index in [2.05, 4.69) is 29.8 Å². The number of pyridine rings is 1. The van der Waals surface area contributed by atoms with Crippen molar-refractivity contribution in [1.29, 1.82) is 5.26 Å². The van der Waals surface area contributed by atoms with Crippen LogP contribution in [0.4, 0.5) is 5.82 Å². The molecule has 4 rings (SSSR count). The Morgan fingerprint density at radius 2 is 1.97 bits per heavy atom. The molecule has 2 aliphatic heterocycles. The number of hydrogen-bond acceptors (Lipinski definition) is 5. The zero-order valence-corrected chi connectivity index (χ0v) is 19.4. The average Bonchev–Trinajstić information content (AvgIpc) is 2.73. The lowest BCUT2D eigenvalue weighted by Gasteiger charge is -2.34. The summed E-state index contributed by atoms with van der Waals surface area (Å²) in [6.45, 7) is 7.67. The number of benzene rings is 1. The SMILES string of the molecule is CC1(C)Cc2c(C#N)c(SCc3ccc(Cl)c(Cl)c3)[nH+]c(N3CCOCC3)c2CO1. The van der Waals surface area contributed by atoms with E-state index in [1.165, 1.54) is 0 Å². The first-order valence-electron chi connectivity index (χ1n) is 9.92. The van der Waals surface area contributed by atoms with E-state index in [0.29, 0.717) is 47.6 Å². The lowest BCUT2D eigenvalue weighted by Crippen LogP contribution is -2.43. The standard InChI is InChI=1S/C22H23Cl2N3O2S/c1-22(2)10-15-16(11-25)21(30-13-14-3-4-18(23)19(24)9-14)26-20(17(15)12-29-22)27-5-7-28-8-6-27/h3-4,9H,5-8,10,12-13H2,1-2H3/p+1. The van der Waals surface area contributed by atoms with Gasteiger partial charge < -0.3 is 9.47 Å². The Morgan fingerprint density at radius 3 is 2.67 bits per heavy atom. The third-order valence-corrected chi connectivity index (χ3v) is 7.24. The topological polar surface area (TPSA) is 59.6 Å². The molecule has 0 amide bonds. The molecule has 3 heterocycles. The number of halogens is 2. The zero-order chi connectivity index (χ0) is 21.3. The molecule has 1 N–H and O–H groups in total. The lowest BCUT2D eigenvalue weighted by atomic mass is 9.89. The van der Waals surface area contributed by atoms with Crippen LogP contribution in [0.15, 0.2) is 23.2 Å². The van der Waals surface area contributed by atoms with Crippen LogP contribution in [-0.2, 0) is 28.3 Å². The summed E-state index contributed by atoms with van der Waals surface area (Å²) in [5, 5.41) is 12.0. The van der Waals surface area contributed by atoms with Crippen molar-refractivity contribution in [2.45, 2.75) is 43.3 Å². The molecule has 5 nitrogen and oxygen atoms in total. The lowest BCUT2D eigenvalue weighted by molar-refractivity contribution is -0.415. The van der Waals surface area contributed by atoms with E-state index in [-0.39, 0.29) is 5.60 Å². The van der Waals surface area contributed by atoms with Gasteiger partial charge in [-0.15, -0.1) is 0 Å². The molecule has 0 spiro atoms. The summed E-state index contributed by atoms with van der Waals surface area (Å²) < 4.78 is 11.6. The minimum Gasteiger partial charge on any atom is -0.373 e. The van der Waals surface area contributed by atoms with Crippen molar-refractivity contribution < 1.29 is 14.5 Å². The minimum atomic E-state index is -0.298. The van der Waals surface area contributed by atoms with E-state index in [0.717, 1.165) is 40.6 Å². The molecule has 8 heteroatoms. The van der Waals surface area contributed by atoms with E-state index >= 15 is 0 Å². The number of morpholine rings is 1. The Balaban J connectivity index is 1.73. The highest BCUT2D eigenvalue weighted by atomic mass is 35.5. The van der Waals surface area contributed by atoms with Gasteiger partial charge in [-0.2, -0.15) is 5.26 Å². The molecular weight excluding hydrogens is 441 g/mol. The van der Waals surface area contributed by atoms with Gasteiger partial charge in [0.05, 0.1) is 41.0 Å². The fourth-order valence-electron chi connectivity index (χ4n) is 3.84. The van der Waals surface area contributed by atoms with E-state index in [9.17, 15) is 5.26 Å². The average molecular weight is 465 g/mol. The normalized spacial score (nSPS) is 18.0. The first-order chi connectivity index (χ1) is 14.4. The fraction of sp³-hybridized carbons (Fsp3) is 0.455. The van der Waals surface area contributed by atoms with Crippen LogP contribution in [0.2, 0.25) is 10.0 Å². The van der Waals surface area contributed by atoms with E-state index in [1.807, 2.05) is 12.1 Å². The van der Waals surface area contributed by atoms with Crippen molar-refractivity contribution in [3.63, 3.8) is 0 Å². The highest BCUT2D eigenvalue weighted by molar-refractivity contribution is 7.98. The summed E-state index contributed by atoms with van der Waals surface area (Å²) in [5.74, 6) is 1.72. The Hall–Kier alpha value is -1.49. The molecule has 0 saturated carbocycles. The molecule has 0 aliphatic carbocycles. The van der Waals surface area contributed by atoms with Gasteiger partial charge in [-0.3, -0.25) is 4.90 Å². The molecule has 1 fully saturated rings. The van der Waals surface area contributed by atoms with Gasteiger partial charge in [-0.1, -0.05) is 41.0 Å². The molecule has 2 aromatic rings. The molecule has 0 bridgehead atoms. The van der Waals surface area contributed by atoms with Crippen LogP contribution in [0.25, 0.3) is 0 Å². The monoisotopic (exact) mass is 464 g/mol. The molecule has 158 valence electrons. The number of anilines is 1. The van der Waals surface area contributed by atoms with Crippen LogP contribution in [0.5, 0.6) is 0 Å². The number of nitrogens with zero attached hydrogens (tertiary/aromatic N) is 2. The number of aromatic amines is 1. The van der Waals surface area contributed by atoms with Crippen LogP contribution >= 0.6 is 35.0 Å². The smallest absolute Gasteiger partial charge is 0.281 e. The number of nitrogens with one attached hydrogen (secondary N) is 1. The van der Waals surface area contributed by atoms with Crippen molar-refractivity contribution in [3.8, 4) is 6.07 Å². The van der Waals surface area contributed by atoms with Crippen LogP contribution in [-0.4, -0.2) is 31.9 Å². The maximum absolute atomic E-state index is 10.0. The Morgan fingerprint density at radius 1 is 1.20 bits per heavy atom. The predicted molar refractivity (Wildman–Crippen MR) is 119 cm³/mol. The maximum atomic E-state index is 10.0. The Labute approximate surface area is 191 Å². The molecule has 0 unspecified atom stereocenters. The molecular formula is C22H24Cl2N3O2S+. The Kier molecular flexibility index (Phi) is 6.47. The van der Waals surface area contributed by atoms with Gasteiger partial charge in [0, 0.05) is 12.2 Å². The second kappa shape index (κ2) is 8.94. The quantitative estimate of drug-likeness (QED) is 0.615. The Bertz CT molecular complexity index is 1000. The van der Waals surface area contributed by atoms with Gasteiger partial charge >= 0.3 is 0 Å². The second-order valence-electron chi connectivity index (χ2n) is 8.11. The van der Waals surface area contributed by atoms with Gasteiger partial charge in [0.1, 0.15) is 24.7 Å². The van der Waals surface area contributed by atoms with Crippen LogP contribution < -0.4 is 9.88 Å². The summed E-state index contributed by atoms with van der Waals surface area (Å²) in [5.41, 5.74) is 3.65. The number of hydrogen-bond donors (Lipinski definition) is 0. The molecule has 1 saturated heterocycles. The van der Waals surface area contributed by atoms with Crippen LogP contribution in [0.1, 0.15) is 36.1 Å². The number of thioether (sulfide) groups is 1. The maximum Gasteiger partial charge on any atom is 0.281 e. The minimum absolute atomic E-state index is 0.298. The number of ether oxygens (including phenoxy) is 2. The highest BCUT2D eigenvalue weighted by Crippen LogP contribution is 2.37. The van der Waals surface area contributed by atoms with Gasteiger partial charge in [0.2, 0.25) is 0 Å². The second-order valence-corrected chi connectivity index (χ2v) is 9.91. The number of H-pyrrole nitrogens is 1. The summed E-state index contributed by atoms with van der Waals surface area (Å²) in [6, 6.07) is 8.10. The first kappa shape index (κ1) is 21.7. The summed E-state index contributed by atoms with van der Waals surface area (Å²) in [6.07, 6.45) is 0.706. The highest BCUT2D eigenvalue weighted by Gasteiger charge is 2.36. The van der Waals surface area contributed by atoms with Gasteiger partial charge in [0.15, 0.2) is 5.03 Å². The molecule has 1 aromatic heterocycles. The number of aromatic nitrogens is 1. The van der Waals surface area contributed by atoms with Gasteiger partial charge in [-0.25, -0.2) is 4.98 Å². The van der Waals surface area contributed by atoms with Crippen LogP contribution in [0, 0.1) is 11.3 Å². The summed E-state index contributed by atoms with van der Waals surface area (Å²) in [4.78, 5) is 5.86. The zero-order valence-electron chi connectivity index (χ0n) is 17.1. The summed E-state index contributed by atoms with van der Waals surface area (Å²) in [7, 11) is 0. The molecule has 2 aliphatic rings. The largest absolute Gasteiger partial charge is 0.373 e. The van der Waals surface area contributed by atoms with Gasteiger partial charge in [0.25, 0.3) is 5.82 Å². The molecule has 1 aromatic carbocycles. The molecule has 0 atom stereocenters. The van der Waals surface area contributed by atoms with Crippen molar-refractivity contribution >= 4 is 40.8 Å². The number of nitriles is 1. The number of rotatable bonds is 4. The van der Waals surface area contributed by atoms with Crippen LogP contribution in [0.3, 0.4) is 0 Å². The predicted octanol–water partition coefficient (Wildman–Crippen LogP) is 4.66. The third kappa shape index (κ3) is 4.56. The number of fused-ring (bicyclic) bond motifs is 1. The molecule has 30 heavy (non-hydrogen) atoms. The van der Waals surface area contributed by atoms with Crippen molar-refractivity contribution in [2.24, 2.45) is 0 Å². The van der Waals surface area contributed by atoms with E-state index in [4.69, 9.17) is 32.7 Å². The van der Waals surface area contributed by atoms with E-state index in [1.54, 1.807) is 17.8 Å².